The van der Waals surface area contributed by atoms with E-state index in [1.165, 1.54) is 0 Å². The van der Waals surface area contributed by atoms with E-state index < -0.39 is 5.54 Å². The molecule has 2 N–H and O–H groups in total. The molecule has 1 heterocycles. The maximum absolute atomic E-state index is 12.2. The molecule has 1 rings (SSSR count). The van der Waals surface area contributed by atoms with Crippen molar-refractivity contribution < 1.29 is 14.4 Å². The van der Waals surface area contributed by atoms with Crippen molar-refractivity contribution in [1.29, 1.82) is 0 Å². The number of nitrogens with one attached hydrogen (secondary N) is 1. The number of aryl methyl sites for hydroxylation is 1. The van der Waals surface area contributed by atoms with Crippen molar-refractivity contribution >= 4 is 5.91 Å². The molecule has 1 amide bonds. The summed E-state index contributed by atoms with van der Waals surface area (Å²) in [4.78, 5) is 12.2. The van der Waals surface area contributed by atoms with Crippen molar-refractivity contribution in [2.75, 3.05) is 6.61 Å². The third-order valence-electron chi connectivity index (χ3n) is 2.83. The van der Waals surface area contributed by atoms with Crippen LogP contribution < -0.4 is 5.32 Å². The number of aromatic nitrogens is 1. The smallest absolute Gasteiger partial charge is 0.257 e. The first kappa shape index (κ1) is 14.7. The molecule has 5 heteroatoms. The SMILES string of the molecule is Cc1noc(C(C)C)c1C(=O)NC(C)(C)CCO. The minimum absolute atomic E-state index is 0.0347. The van der Waals surface area contributed by atoms with Crippen LogP contribution in [0.4, 0.5) is 0 Å². The average molecular weight is 254 g/mol. The zero-order valence-electron chi connectivity index (χ0n) is 11.7. The van der Waals surface area contributed by atoms with Gasteiger partial charge in [-0.3, -0.25) is 4.79 Å². The van der Waals surface area contributed by atoms with Crippen LogP contribution in [-0.4, -0.2) is 28.3 Å². The first-order chi connectivity index (χ1) is 8.28. The van der Waals surface area contributed by atoms with Gasteiger partial charge in [0.05, 0.1) is 5.69 Å². The number of hydrogen-bond acceptors (Lipinski definition) is 4. The van der Waals surface area contributed by atoms with E-state index in [9.17, 15) is 4.79 Å². The number of carbonyl (C=O) groups excluding carboxylic acids is 1. The Hall–Kier alpha value is -1.36. The lowest BCUT2D eigenvalue weighted by molar-refractivity contribution is 0.0896. The Labute approximate surface area is 108 Å². The first-order valence-corrected chi connectivity index (χ1v) is 6.18. The molecule has 0 bridgehead atoms. The predicted molar refractivity (Wildman–Crippen MR) is 68.6 cm³/mol. The van der Waals surface area contributed by atoms with Gasteiger partial charge in [-0.15, -0.1) is 0 Å². The highest BCUT2D eigenvalue weighted by atomic mass is 16.5. The fourth-order valence-corrected chi connectivity index (χ4v) is 1.77. The molecule has 0 aliphatic rings. The van der Waals surface area contributed by atoms with Crippen LogP contribution >= 0.6 is 0 Å². The lowest BCUT2D eigenvalue weighted by atomic mass is 9.99. The fraction of sp³-hybridized carbons (Fsp3) is 0.692. The topological polar surface area (TPSA) is 75.4 Å². The molecule has 102 valence electrons. The molecule has 0 unspecified atom stereocenters. The van der Waals surface area contributed by atoms with E-state index in [1.807, 2.05) is 27.7 Å². The zero-order chi connectivity index (χ0) is 13.9. The van der Waals surface area contributed by atoms with E-state index in [0.29, 0.717) is 23.4 Å². The van der Waals surface area contributed by atoms with Crippen molar-refractivity contribution in [2.45, 2.75) is 52.5 Å². The highest BCUT2D eigenvalue weighted by molar-refractivity contribution is 5.96. The number of aliphatic hydroxyl groups excluding tert-OH is 1. The molecule has 0 aromatic carbocycles. The number of carbonyl (C=O) groups is 1. The molecule has 1 aromatic heterocycles. The summed E-state index contributed by atoms with van der Waals surface area (Å²) in [6.45, 7) is 9.44. The Morgan fingerprint density at radius 2 is 2.11 bits per heavy atom. The molecular formula is C13H22N2O3. The van der Waals surface area contributed by atoms with Crippen LogP contribution in [-0.2, 0) is 0 Å². The summed E-state index contributed by atoms with van der Waals surface area (Å²) in [5, 5.41) is 15.7. The van der Waals surface area contributed by atoms with Crippen LogP contribution in [0.25, 0.3) is 0 Å². The quantitative estimate of drug-likeness (QED) is 0.842. The van der Waals surface area contributed by atoms with Gasteiger partial charge in [0, 0.05) is 18.1 Å². The lowest BCUT2D eigenvalue weighted by Gasteiger charge is -2.25. The Balaban J connectivity index is 2.94. The molecule has 0 saturated carbocycles. The van der Waals surface area contributed by atoms with E-state index in [2.05, 4.69) is 10.5 Å². The van der Waals surface area contributed by atoms with Gasteiger partial charge in [-0.05, 0) is 27.2 Å². The molecule has 1 aromatic rings. The minimum atomic E-state index is -0.455. The van der Waals surface area contributed by atoms with Crippen LogP contribution in [0.3, 0.4) is 0 Å². The molecule has 0 saturated heterocycles. The van der Waals surface area contributed by atoms with E-state index in [0.717, 1.165) is 0 Å². The van der Waals surface area contributed by atoms with E-state index in [1.54, 1.807) is 6.92 Å². The summed E-state index contributed by atoms with van der Waals surface area (Å²) >= 11 is 0. The monoisotopic (exact) mass is 254 g/mol. The number of amides is 1. The number of nitrogens with zero attached hydrogens (tertiary/aromatic N) is 1. The van der Waals surface area contributed by atoms with Crippen LogP contribution in [0, 0.1) is 6.92 Å². The van der Waals surface area contributed by atoms with Crippen molar-refractivity contribution in [3.63, 3.8) is 0 Å². The van der Waals surface area contributed by atoms with Crippen molar-refractivity contribution in [2.24, 2.45) is 0 Å². The molecule has 0 atom stereocenters. The number of rotatable bonds is 5. The lowest BCUT2D eigenvalue weighted by Crippen LogP contribution is -2.44. The van der Waals surface area contributed by atoms with Crippen LogP contribution in [0.15, 0.2) is 4.52 Å². The number of hydrogen-bond donors (Lipinski definition) is 2. The number of aliphatic hydroxyl groups is 1. The van der Waals surface area contributed by atoms with Crippen LogP contribution in [0.1, 0.15) is 61.8 Å². The van der Waals surface area contributed by atoms with Crippen molar-refractivity contribution in [3.05, 3.63) is 17.0 Å². The molecular weight excluding hydrogens is 232 g/mol. The Morgan fingerprint density at radius 3 is 2.61 bits per heavy atom. The summed E-state index contributed by atoms with van der Waals surface area (Å²) in [7, 11) is 0. The van der Waals surface area contributed by atoms with Gasteiger partial charge in [-0.2, -0.15) is 0 Å². The second-order valence-corrected chi connectivity index (χ2v) is 5.47. The van der Waals surface area contributed by atoms with Gasteiger partial charge in [0.2, 0.25) is 0 Å². The second-order valence-electron chi connectivity index (χ2n) is 5.47. The third-order valence-corrected chi connectivity index (χ3v) is 2.83. The van der Waals surface area contributed by atoms with Crippen molar-refractivity contribution in [1.82, 2.24) is 10.5 Å². The normalized spacial score (nSPS) is 11.9. The summed E-state index contributed by atoms with van der Waals surface area (Å²) in [5.74, 6) is 0.508. The molecule has 0 aliphatic carbocycles. The summed E-state index contributed by atoms with van der Waals surface area (Å²) in [6.07, 6.45) is 0.500. The maximum Gasteiger partial charge on any atom is 0.257 e. The second kappa shape index (κ2) is 5.52. The maximum atomic E-state index is 12.2. The molecule has 0 aliphatic heterocycles. The molecule has 0 spiro atoms. The minimum Gasteiger partial charge on any atom is -0.396 e. The van der Waals surface area contributed by atoms with Crippen LogP contribution in [0.5, 0.6) is 0 Å². The Bertz CT molecular complexity index is 422. The zero-order valence-corrected chi connectivity index (χ0v) is 11.7. The standard InChI is InChI=1S/C13H22N2O3/c1-8(2)11-10(9(3)15-18-11)12(17)14-13(4,5)6-7-16/h8,16H,6-7H2,1-5H3,(H,14,17). The first-order valence-electron chi connectivity index (χ1n) is 6.18. The Morgan fingerprint density at radius 1 is 1.50 bits per heavy atom. The van der Waals surface area contributed by atoms with Crippen LogP contribution in [0.2, 0.25) is 0 Å². The van der Waals surface area contributed by atoms with Gasteiger partial charge >= 0.3 is 0 Å². The summed E-state index contributed by atoms with van der Waals surface area (Å²) < 4.78 is 5.19. The molecule has 0 fully saturated rings. The van der Waals surface area contributed by atoms with Gasteiger partial charge in [-0.25, -0.2) is 0 Å². The fourth-order valence-electron chi connectivity index (χ4n) is 1.77. The highest BCUT2D eigenvalue weighted by Crippen LogP contribution is 2.23. The summed E-state index contributed by atoms with van der Waals surface area (Å²) in [5.41, 5.74) is 0.649. The van der Waals surface area contributed by atoms with Gasteiger partial charge < -0.3 is 14.9 Å². The predicted octanol–water partition coefficient (Wildman–Crippen LogP) is 2.00. The molecule has 5 nitrogen and oxygen atoms in total. The highest BCUT2D eigenvalue weighted by Gasteiger charge is 2.27. The molecule has 18 heavy (non-hydrogen) atoms. The van der Waals surface area contributed by atoms with Gasteiger partial charge in [0.1, 0.15) is 5.56 Å². The van der Waals surface area contributed by atoms with Gasteiger partial charge in [0.15, 0.2) is 5.76 Å². The van der Waals surface area contributed by atoms with Crippen molar-refractivity contribution in [3.8, 4) is 0 Å². The summed E-state index contributed by atoms with van der Waals surface area (Å²) in [6, 6.07) is 0. The molecule has 0 radical (unpaired) electrons. The third kappa shape index (κ3) is 3.32. The average Bonchev–Trinajstić information content (AvgIpc) is 2.59. The van der Waals surface area contributed by atoms with E-state index >= 15 is 0 Å². The Kier molecular flexibility index (Phi) is 4.51. The largest absolute Gasteiger partial charge is 0.396 e. The van der Waals surface area contributed by atoms with E-state index in [-0.39, 0.29) is 18.4 Å². The van der Waals surface area contributed by atoms with Gasteiger partial charge in [-0.1, -0.05) is 19.0 Å². The van der Waals surface area contributed by atoms with Gasteiger partial charge in [0.25, 0.3) is 5.91 Å². The van der Waals surface area contributed by atoms with E-state index in [4.69, 9.17) is 9.63 Å².